The molecule has 1 heterocycles. The van der Waals surface area contributed by atoms with Crippen molar-refractivity contribution in [3.05, 3.63) is 47.2 Å². The molecule has 17 heavy (non-hydrogen) atoms. The van der Waals surface area contributed by atoms with Crippen LogP contribution in [0.4, 0.5) is 0 Å². The van der Waals surface area contributed by atoms with E-state index in [1.165, 1.54) is 5.56 Å². The van der Waals surface area contributed by atoms with Gasteiger partial charge in [-0.15, -0.1) is 5.10 Å². The third kappa shape index (κ3) is 3.05. The van der Waals surface area contributed by atoms with Gasteiger partial charge in [0.15, 0.2) is 0 Å². The lowest BCUT2D eigenvalue weighted by atomic mass is 10.0. The first kappa shape index (κ1) is 12.1. The number of halogens is 1. The highest BCUT2D eigenvalue weighted by Crippen LogP contribution is 2.18. The molecule has 0 saturated carbocycles. The molecule has 0 aliphatic carbocycles. The Bertz CT molecular complexity index is 450. The molecule has 2 aromatic rings. The quantitative estimate of drug-likeness (QED) is 0.904. The summed E-state index contributed by atoms with van der Waals surface area (Å²) in [5, 5.41) is 8.57. The summed E-state index contributed by atoms with van der Waals surface area (Å²) in [6, 6.07) is 7.90. The summed E-state index contributed by atoms with van der Waals surface area (Å²) in [5.41, 5.74) is 7.18. The standard InChI is InChI=1S/C12H15ClN4/c1-9(14)12(17-7-6-15-16-17)8-10-2-4-11(13)5-3-10/h2-7,9,12H,8,14H2,1H3. The summed E-state index contributed by atoms with van der Waals surface area (Å²) in [4.78, 5) is 0. The van der Waals surface area contributed by atoms with E-state index in [1.54, 1.807) is 10.9 Å². The average molecular weight is 251 g/mol. The lowest BCUT2D eigenvalue weighted by Crippen LogP contribution is -2.31. The van der Waals surface area contributed by atoms with Crippen LogP contribution in [-0.2, 0) is 6.42 Å². The number of aromatic nitrogens is 3. The van der Waals surface area contributed by atoms with Gasteiger partial charge in [0, 0.05) is 17.3 Å². The molecule has 0 saturated heterocycles. The maximum absolute atomic E-state index is 5.99. The van der Waals surface area contributed by atoms with Crippen molar-refractivity contribution in [3.8, 4) is 0 Å². The number of benzene rings is 1. The van der Waals surface area contributed by atoms with Crippen LogP contribution in [0.15, 0.2) is 36.7 Å². The molecule has 1 aromatic carbocycles. The van der Waals surface area contributed by atoms with Gasteiger partial charge in [0.05, 0.1) is 12.2 Å². The van der Waals surface area contributed by atoms with E-state index in [-0.39, 0.29) is 12.1 Å². The van der Waals surface area contributed by atoms with Crippen molar-refractivity contribution < 1.29 is 0 Å². The summed E-state index contributed by atoms with van der Waals surface area (Å²) >= 11 is 5.86. The van der Waals surface area contributed by atoms with Crippen LogP contribution in [0.3, 0.4) is 0 Å². The van der Waals surface area contributed by atoms with Crippen LogP contribution in [0, 0.1) is 0 Å². The zero-order chi connectivity index (χ0) is 12.3. The Morgan fingerprint density at radius 3 is 2.59 bits per heavy atom. The van der Waals surface area contributed by atoms with E-state index < -0.39 is 0 Å². The first-order chi connectivity index (χ1) is 8.16. The first-order valence-electron chi connectivity index (χ1n) is 5.52. The van der Waals surface area contributed by atoms with Crippen molar-refractivity contribution in [2.24, 2.45) is 5.73 Å². The number of rotatable bonds is 4. The van der Waals surface area contributed by atoms with E-state index in [2.05, 4.69) is 10.3 Å². The third-order valence-corrected chi connectivity index (χ3v) is 3.00. The molecule has 2 N–H and O–H groups in total. The minimum absolute atomic E-state index is 0.00683. The zero-order valence-electron chi connectivity index (χ0n) is 9.62. The molecule has 2 atom stereocenters. The van der Waals surface area contributed by atoms with Gasteiger partial charge >= 0.3 is 0 Å². The molecule has 0 aliphatic heterocycles. The molecule has 0 amide bonds. The smallest absolute Gasteiger partial charge is 0.0725 e. The zero-order valence-corrected chi connectivity index (χ0v) is 10.4. The van der Waals surface area contributed by atoms with Gasteiger partial charge in [-0.1, -0.05) is 28.9 Å². The second-order valence-electron chi connectivity index (χ2n) is 4.14. The topological polar surface area (TPSA) is 56.7 Å². The fourth-order valence-electron chi connectivity index (χ4n) is 1.78. The summed E-state index contributed by atoms with van der Waals surface area (Å²) < 4.78 is 1.80. The van der Waals surface area contributed by atoms with Gasteiger partial charge in [-0.05, 0) is 31.0 Å². The summed E-state index contributed by atoms with van der Waals surface area (Å²) in [6.45, 7) is 1.97. The summed E-state index contributed by atoms with van der Waals surface area (Å²) in [6.07, 6.45) is 4.32. The molecule has 0 aliphatic rings. The van der Waals surface area contributed by atoms with Crippen molar-refractivity contribution in [2.45, 2.75) is 25.4 Å². The third-order valence-electron chi connectivity index (χ3n) is 2.75. The molecule has 4 nitrogen and oxygen atoms in total. The fraction of sp³-hybridized carbons (Fsp3) is 0.333. The molecule has 1 aromatic heterocycles. The largest absolute Gasteiger partial charge is 0.326 e. The number of hydrogen-bond donors (Lipinski definition) is 1. The minimum atomic E-state index is 0.00683. The van der Waals surface area contributed by atoms with Crippen LogP contribution >= 0.6 is 11.6 Å². The maximum atomic E-state index is 5.99. The molecular formula is C12H15ClN4. The van der Waals surface area contributed by atoms with E-state index in [0.29, 0.717) is 0 Å². The number of hydrogen-bond acceptors (Lipinski definition) is 3. The molecule has 2 unspecified atom stereocenters. The van der Waals surface area contributed by atoms with Crippen LogP contribution in [-0.4, -0.2) is 21.0 Å². The average Bonchev–Trinajstić information content (AvgIpc) is 2.81. The monoisotopic (exact) mass is 250 g/mol. The Morgan fingerprint density at radius 2 is 2.06 bits per heavy atom. The maximum Gasteiger partial charge on any atom is 0.0725 e. The molecule has 0 fully saturated rings. The SMILES string of the molecule is CC(N)C(Cc1ccc(Cl)cc1)n1ccnn1. The molecule has 5 heteroatoms. The van der Waals surface area contributed by atoms with E-state index in [0.717, 1.165) is 11.4 Å². The first-order valence-corrected chi connectivity index (χ1v) is 5.90. The Morgan fingerprint density at radius 1 is 1.35 bits per heavy atom. The molecule has 0 radical (unpaired) electrons. The summed E-state index contributed by atoms with van der Waals surface area (Å²) in [5.74, 6) is 0. The van der Waals surface area contributed by atoms with Crippen LogP contribution in [0.25, 0.3) is 0 Å². The number of nitrogens with two attached hydrogens (primary N) is 1. The van der Waals surface area contributed by atoms with Crippen LogP contribution in [0.2, 0.25) is 5.02 Å². The number of nitrogens with zero attached hydrogens (tertiary/aromatic N) is 3. The van der Waals surface area contributed by atoms with E-state index in [9.17, 15) is 0 Å². The van der Waals surface area contributed by atoms with Gasteiger partial charge in [0.25, 0.3) is 0 Å². The molecule has 0 spiro atoms. The van der Waals surface area contributed by atoms with Gasteiger partial charge in [-0.3, -0.25) is 0 Å². The van der Waals surface area contributed by atoms with Crippen LogP contribution < -0.4 is 5.73 Å². The predicted octanol–water partition coefficient (Wildman–Crippen LogP) is 2.06. The summed E-state index contributed by atoms with van der Waals surface area (Å²) in [7, 11) is 0. The highest BCUT2D eigenvalue weighted by atomic mass is 35.5. The van der Waals surface area contributed by atoms with Crippen LogP contribution in [0.5, 0.6) is 0 Å². The normalized spacial score (nSPS) is 14.5. The Balaban J connectivity index is 2.16. The van der Waals surface area contributed by atoms with Gasteiger partial charge in [0.2, 0.25) is 0 Å². The Kier molecular flexibility index (Phi) is 3.76. The van der Waals surface area contributed by atoms with Crippen molar-refractivity contribution >= 4 is 11.6 Å². The van der Waals surface area contributed by atoms with Crippen molar-refractivity contribution in [1.82, 2.24) is 15.0 Å². The van der Waals surface area contributed by atoms with Gasteiger partial charge in [-0.25, -0.2) is 4.68 Å². The molecule has 2 rings (SSSR count). The Hall–Kier alpha value is -1.39. The van der Waals surface area contributed by atoms with Crippen LogP contribution in [0.1, 0.15) is 18.5 Å². The molecule has 0 bridgehead atoms. The fourth-order valence-corrected chi connectivity index (χ4v) is 1.90. The second kappa shape index (κ2) is 5.29. The van der Waals surface area contributed by atoms with E-state index in [1.807, 2.05) is 37.4 Å². The highest BCUT2D eigenvalue weighted by molar-refractivity contribution is 6.30. The van der Waals surface area contributed by atoms with Gasteiger partial charge in [-0.2, -0.15) is 0 Å². The highest BCUT2D eigenvalue weighted by Gasteiger charge is 2.17. The minimum Gasteiger partial charge on any atom is -0.326 e. The van der Waals surface area contributed by atoms with E-state index in [4.69, 9.17) is 17.3 Å². The predicted molar refractivity (Wildman–Crippen MR) is 67.9 cm³/mol. The lowest BCUT2D eigenvalue weighted by Gasteiger charge is -2.20. The van der Waals surface area contributed by atoms with Gasteiger partial charge in [0.1, 0.15) is 0 Å². The van der Waals surface area contributed by atoms with Crippen molar-refractivity contribution in [2.75, 3.05) is 0 Å². The van der Waals surface area contributed by atoms with Gasteiger partial charge < -0.3 is 5.73 Å². The second-order valence-corrected chi connectivity index (χ2v) is 4.58. The van der Waals surface area contributed by atoms with Crippen molar-refractivity contribution in [3.63, 3.8) is 0 Å². The van der Waals surface area contributed by atoms with Crippen molar-refractivity contribution in [1.29, 1.82) is 0 Å². The Labute approximate surface area is 105 Å². The van der Waals surface area contributed by atoms with E-state index >= 15 is 0 Å². The molecule has 90 valence electrons. The lowest BCUT2D eigenvalue weighted by molar-refractivity contribution is 0.383. The molecular weight excluding hydrogens is 236 g/mol.